The molecule has 0 aromatic rings. The van der Waals surface area contributed by atoms with Crippen LogP contribution in [0.15, 0.2) is 4.99 Å². The summed E-state index contributed by atoms with van der Waals surface area (Å²) >= 11 is 0. The molecule has 2 N–H and O–H groups in total. The fourth-order valence-electron chi connectivity index (χ4n) is 2.49. The number of guanidine groups is 1. The van der Waals surface area contributed by atoms with Gasteiger partial charge in [-0.05, 0) is 45.2 Å². The normalized spacial score (nSPS) is 17.4. The average molecular weight is 412 g/mol. The summed E-state index contributed by atoms with van der Waals surface area (Å²) in [5, 5.41) is 6.73. The van der Waals surface area contributed by atoms with E-state index in [4.69, 9.17) is 4.74 Å². The summed E-state index contributed by atoms with van der Waals surface area (Å²) in [4.78, 5) is 6.81. The smallest absolute Gasteiger partial charge is 0.190 e. The van der Waals surface area contributed by atoms with E-state index in [1.807, 2.05) is 14.0 Å². The van der Waals surface area contributed by atoms with Crippen LogP contribution in [0.4, 0.5) is 0 Å². The number of rotatable bonds is 9. The van der Waals surface area contributed by atoms with Gasteiger partial charge in [-0.15, -0.1) is 24.0 Å². The van der Waals surface area contributed by atoms with Crippen molar-refractivity contribution in [1.82, 2.24) is 15.5 Å². The number of hydrogen-bond acceptors (Lipinski definition) is 3. The van der Waals surface area contributed by atoms with Gasteiger partial charge in [0.2, 0.25) is 0 Å². The highest BCUT2D eigenvalue weighted by atomic mass is 127. The molecular formula is C15H33IN4O. The van der Waals surface area contributed by atoms with E-state index in [0.29, 0.717) is 5.92 Å². The van der Waals surface area contributed by atoms with Crippen LogP contribution in [-0.4, -0.2) is 63.8 Å². The Hall–Kier alpha value is -0.0800. The molecule has 1 aliphatic rings. The van der Waals surface area contributed by atoms with Gasteiger partial charge < -0.3 is 20.3 Å². The van der Waals surface area contributed by atoms with Crippen LogP contribution in [0, 0.1) is 5.92 Å². The van der Waals surface area contributed by atoms with Gasteiger partial charge in [-0.2, -0.15) is 0 Å². The summed E-state index contributed by atoms with van der Waals surface area (Å²) in [6, 6.07) is 0. The zero-order valence-electron chi connectivity index (χ0n) is 13.9. The molecule has 1 heterocycles. The lowest BCUT2D eigenvalue weighted by Gasteiger charge is -2.21. The van der Waals surface area contributed by atoms with Crippen LogP contribution in [-0.2, 0) is 4.74 Å². The lowest BCUT2D eigenvalue weighted by molar-refractivity contribution is 0.145. The second kappa shape index (κ2) is 13.6. The first-order valence-electron chi connectivity index (χ1n) is 8.00. The first-order chi connectivity index (χ1) is 9.76. The molecule has 1 aliphatic heterocycles. The van der Waals surface area contributed by atoms with E-state index >= 15 is 0 Å². The predicted octanol–water partition coefficient (Wildman–Crippen LogP) is 1.93. The molecular weight excluding hydrogens is 379 g/mol. The Morgan fingerprint density at radius 1 is 1.29 bits per heavy atom. The van der Waals surface area contributed by atoms with Crippen LogP contribution < -0.4 is 10.6 Å². The molecule has 126 valence electrons. The highest BCUT2D eigenvalue weighted by Gasteiger charge is 2.14. The number of halogens is 1. The maximum Gasteiger partial charge on any atom is 0.190 e. The molecule has 0 aromatic heterocycles. The summed E-state index contributed by atoms with van der Waals surface area (Å²) in [6.07, 6.45) is 3.74. The van der Waals surface area contributed by atoms with Crippen molar-refractivity contribution in [2.75, 3.05) is 53.0 Å². The molecule has 6 heteroatoms. The third-order valence-corrected chi connectivity index (χ3v) is 3.57. The molecule has 0 spiro atoms. The van der Waals surface area contributed by atoms with Crippen molar-refractivity contribution >= 4 is 29.9 Å². The van der Waals surface area contributed by atoms with E-state index < -0.39 is 0 Å². The van der Waals surface area contributed by atoms with Crippen molar-refractivity contribution in [1.29, 1.82) is 0 Å². The van der Waals surface area contributed by atoms with Gasteiger partial charge >= 0.3 is 0 Å². The average Bonchev–Trinajstić information content (AvgIpc) is 2.94. The summed E-state index contributed by atoms with van der Waals surface area (Å²) in [5.74, 6) is 1.55. The SMILES string of the molecule is CCOCCCNC(=NC)NCC(C)CN1CCCC1.I. The minimum Gasteiger partial charge on any atom is -0.382 e. The Morgan fingerprint density at radius 3 is 2.62 bits per heavy atom. The van der Waals surface area contributed by atoms with Gasteiger partial charge in [0.25, 0.3) is 0 Å². The Kier molecular flexibility index (Phi) is 13.5. The highest BCUT2D eigenvalue weighted by Crippen LogP contribution is 2.09. The summed E-state index contributed by atoms with van der Waals surface area (Å²) in [5.41, 5.74) is 0. The van der Waals surface area contributed by atoms with E-state index in [1.54, 1.807) is 0 Å². The zero-order chi connectivity index (χ0) is 14.6. The molecule has 1 unspecified atom stereocenters. The number of likely N-dealkylation sites (tertiary alicyclic amines) is 1. The Labute approximate surface area is 147 Å². The third-order valence-electron chi connectivity index (χ3n) is 3.57. The molecule has 5 nitrogen and oxygen atoms in total. The van der Waals surface area contributed by atoms with Crippen molar-refractivity contribution < 1.29 is 4.74 Å². The van der Waals surface area contributed by atoms with Crippen LogP contribution in [0.3, 0.4) is 0 Å². The van der Waals surface area contributed by atoms with Crippen LogP contribution >= 0.6 is 24.0 Å². The summed E-state index contributed by atoms with van der Waals surface area (Å²) in [6.45, 7) is 11.5. The molecule has 0 radical (unpaired) electrons. The minimum absolute atomic E-state index is 0. The van der Waals surface area contributed by atoms with Crippen molar-refractivity contribution in [3.05, 3.63) is 0 Å². The molecule has 1 fully saturated rings. The number of hydrogen-bond donors (Lipinski definition) is 2. The maximum absolute atomic E-state index is 5.32. The fraction of sp³-hybridized carbons (Fsp3) is 0.933. The minimum atomic E-state index is 0. The summed E-state index contributed by atoms with van der Waals surface area (Å²) < 4.78 is 5.32. The van der Waals surface area contributed by atoms with Crippen molar-refractivity contribution in [3.8, 4) is 0 Å². The van der Waals surface area contributed by atoms with Gasteiger partial charge in [0.1, 0.15) is 0 Å². The summed E-state index contributed by atoms with van der Waals surface area (Å²) in [7, 11) is 1.82. The monoisotopic (exact) mass is 412 g/mol. The molecule has 1 atom stereocenters. The van der Waals surface area contributed by atoms with Gasteiger partial charge in [-0.1, -0.05) is 6.92 Å². The van der Waals surface area contributed by atoms with E-state index in [2.05, 4.69) is 27.4 Å². The molecule has 1 rings (SSSR count). The lowest BCUT2D eigenvalue weighted by atomic mass is 10.1. The number of nitrogens with one attached hydrogen (secondary N) is 2. The molecule has 0 aliphatic carbocycles. The Balaban J connectivity index is 0.00000400. The number of nitrogens with zero attached hydrogens (tertiary/aromatic N) is 2. The zero-order valence-corrected chi connectivity index (χ0v) is 16.2. The highest BCUT2D eigenvalue weighted by molar-refractivity contribution is 14.0. The number of aliphatic imine (C=N–C) groups is 1. The molecule has 0 bridgehead atoms. The first kappa shape index (κ1) is 20.9. The fourth-order valence-corrected chi connectivity index (χ4v) is 2.49. The van der Waals surface area contributed by atoms with E-state index in [0.717, 1.165) is 38.7 Å². The van der Waals surface area contributed by atoms with Crippen molar-refractivity contribution in [3.63, 3.8) is 0 Å². The molecule has 0 amide bonds. The van der Waals surface area contributed by atoms with Crippen LogP contribution in [0.1, 0.15) is 33.1 Å². The van der Waals surface area contributed by atoms with Gasteiger partial charge in [-0.3, -0.25) is 4.99 Å². The van der Waals surface area contributed by atoms with E-state index in [9.17, 15) is 0 Å². The molecule has 1 saturated heterocycles. The Bertz CT molecular complexity index is 270. The quantitative estimate of drug-likeness (QED) is 0.263. The Morgan fingerprint density at radius 2 is 2.00 bits per heavy atom. The largest absolute Gasteiger partial charge is 0.382 e. The third kappa shape index (κ3) is 10.3. The molecule has 21 heavy (non-hydrogen) atoms. The predicted molar refractivity (Wildman–Crippen MR) is 101 cm³/mol. The maximum atomic E-state index is 5.32. The van der Waals surface area contributed by atoms with Gasteiger partial charge in [-0.25, -0.2) is 0 Å². The van der Waals surface area contributed by atoms with Gasteiger partial charge in [0.15, 0.2) is 5.96 Å². The van der Waals surface area contributed by atoms with E-state index in [-0.39, 0.29) is 24.0 Å². The molecule has 0 saturated carbocycles. The van der Waals surface area contributed by atoms with Gasteiger partial charge in [0, 0.05) is 39.9 Å². The first-order valence-corrected chi connectivity index (χ1v) is 8.00. The molecule has 0 aromatic carbocycles. The van der Waals surface area contributed by atoms with Crippen LogP contribution in [0.5, 0.6) is 0 Å². The van der Waals surface area contributed by atoms with Crippen molar-refractivity contribution in [2.45, 2.75) is 33.1 Å². The van der Waals surface area contributed by atoms with E-state index in [1.165, 1.54) is 32.5 Å². The van der Waals surface area contributed by atoms with Crippen LogP contribution in [0.2, 0.25) is 0 Å². The number of ether oxygens (including phenoxy) is 1. The van der Waals surface area contributed by atoms with Crippen molar-refractivity contribution in [2.24, 2.45) is 10.9 Å². The van der Waals surface area contributed by atoms with Crippen LogP contribution in [0.25, 0.3) is 0 Å². The van der Waals surface area contributed by atoms with Gasteiger partial charge in [0.05, 0.1) is 0 Å². The second-order valence-corrected chi connectivity index (χ2v) is 5.54. The standard InChI is InChI=1S/C15H32N4O.HI/c1-4-20-11-7-8-17-15(16-3)18-12-14(2)13-19-9-5-6-10-19;/h14H,4-13H2,1-3H3,(H2,16,17,18);1H. The lowest BCUT2D eigenvalue weighted by Crippen LogP contribution is -2.41. The second-order valence-electron chi connectivity index (χ2n) is 5.54. The topological polar surface area (TPSA) is 48.9 Å².